The maximum absolute atomic E-state index is 12.9. The van der Waals surface area contributed by atoms with Crippen molar-refractivity contribution in [2.45, 2.75) is 113 Å². The summed E-state index contributed by atoms with van der Waals surface area (Å²) in [5.41, 5.74) is 5.75. The van der Waals surface area contributed by atoms with Gasteiger partial charge in [-0.05, 0) is 99.1 Å². The van der Waals surface area contributed by atoms with E-state index in [1.165, 1.54) is 0 Å². The largest absolute Gasteiger partial charge is 0.461 e. The third-order valence-electron chi connectivity index (χ3n) is 6.93. The van der Waals surface area contributed by atoms with Gasteiger partial charge in [-0.1, -0.05) is 52.8 Å². The highest BCUT2D eigenvalue weighted by molar-refractivity contribution is 6.07. The van der Waals surface area contributed by atoms with Crippen molar-refractivity contribution < 1.29 is 14.3 Å². The van der Waals surface area contributed by atoms with Crippen LogP contribution in [0.25, 0.3) is 0 Å². The van der Waals surface area contributed by atoms with Gasteiger partial charge in [0, 0.05) is 13.0 Å². The van der Waals surface area contributed by atoms with Gasteiger partial charge in [0.15, 0.2) is 5.78 Å². The molecule has 1 aromatic carbocycles. The number of benzene rings is 1. The molecule has 1 aromatic rings. The van der Waals surface area contributed by atoms with Crippen LogP contribution in [0.1, 0.15) is 98.1 Å². The second-order valence-electron chi connectivity index (χ2n) is 11.0. The van der Waals surface area contributed by atoms with Gasteiger partial charge in [-0.3, -0.25) is 14.6 Å². The lowest BCUT2D eigenvalue weighted by atomic mass is 9.96. The minimum Gasteiger partial charge on any atom is -0.461 e. The number of aryl methyl sites for hydroxylation is 1. The summed E-state index contributed by atoms with van der Waals surface area (Å²) < 4.78 is 5.82. The highest BCUT2D eigenvalue weighted by atomic mass is 16.5. The number of ether oxygens (including phenoxy) is 1. The summed E-state index contributed by atoms with van der Waals surface area (Å²) in [6, 6.07) is 5.95. The maximum atomic E-state index is 12.9. The molecular formula is C32H48N2O3. The van der Waals surface area contributed by atoms with Gasteiger partial charge in [0.2, 0.25) is 0 Å². The van der Waals surface area contributed by atoms with Crippen LogP contribution in [0.15, 0.2) is 46.5 Å². The Morgan fingerprint density at radius 2 is 1.84 bits per heavy atom. The number of Topliss-reactive ketones (excluding diaryl/α,β-unsaturated/α-hetero) is 1. The third kappa shape index (κ3) is 9.70. The fourth-order valence-corrected chi connectivity index (χ4v) is 4.67. The quantitative estimate of drug-likeness (QED) is 0.129. The number of hydrogen-bond donors (Lipinski definition) is 1. The molecule has 1 saturated carbocycles. The van der Waals surface area contributed by atoms with E-state index in [-0.39, 0.29) is 29.8 Å². The average molecular weight is 509 g/mol. The molecular weight excluding hydrogens is 460 g/mol. The molecule has 1 aliphatic rings. The van der Waals surface area contributed by atoms with E-state index in [9.17, 15) is 9.59 Å². The monoisotopic (exact) mass is 508 g/mol. The first-order chi connectivity index (χ1) is 17.5. The molecule has 204 valence electrons. The number of nitrogens with one attached hydrogen (secondary N) is 1. The Kier molecular flexibility index (Phi) is 12.5. The highest BCUT2D eigenvalue weighted by Crippen LogP contribution is 2.25. The number of ketones is 1. The van der Waals surface area contributed by atoms with E-state index < -0.39 is 0 Å². The van der Waals surface area contributed by atoms with Gasteiger partial charge in [0.25, 0.3) is 0 Å². The predicted octanol–water partition coefficient (Wildman–Crippen LogP) is 7.59. The fourth-order valence-electron chi connectivity index (χ4n) is 4.67. The Balaban J connectivity index is 2.26. The minimum atomic E-state index is -0.320. The van der Waals surface area contributed by atoms with E-state index in [0.29, 0.717) is 18.9 Å². The summed E-state index contributed by atoms with van der Waals surface area (Å²) in [4.78, 5) is 30.2. The molecule has 1 aliphatic carbocycles. The molecule has 0 amide bonds. The zero-order valence-corrected chi connectivity index (χ0v) is 24.3. The van der Waals surface area contributed by atoms with Gasteiger partial charge in [-0.25, -0.2) is 0 Å². The van der Waals surface area contributed by atoms with E-state index in [2.05, 4.69) is 58.1 Å². The van der Waals surface area contributed by atoms with Gasteiger partial charge < -0.3 is 10.1 Å². The predicted molar refractivity (Wildman–Crippen MR) is 154 cm³/mol. The van der Waals surface area contributed by atoms with E-state index in [1.807, 2.05) is 32.9 Å². The van der Waals surface area contributed by atoms with E-state index in [0.717, 1.165) is 65.8 Å². The lowest BCUT2D eigenvalue weighted by Crippen LogP contribution is -2.40. The first-order valence-electron chi connectivity index (χ1n) is 14.1. The first-order valence-corrected chi connectivity index (χ1v) is 14.1. The van der Waals surface area contributed by atoms with Gasteiger partial charge in [0.05, 0.1) is 11.4 Å². The first kappa shape index (κ1) is 30.7. The van der Waals surface area contributed by atoms with E-state index in [4.69, 9.17) is 9.73 Å². The number of nitrogens with zero attached hydrogens (tertiary/aromatic N) is 1. The van der Waals surface area contributed by atoms with Crippen molar-refractivity contribution >= 4 is 23.2 Å². The fraction of sp³-hybridized carbons (Fsp3) is 0.594. The Bertz CT molecular complexity index is 1010. The maximum Gasteiger partial charge on any atom is 0.323 e. The summed E-state index contributed by atoms with van der Waals surface area (Å²) >= 11 is 0. The zero-order valence-electron chi connectivity index (χ0n) is 24.3. The van der Waals surface area contributed by atoms with Crippen molar-refractivity contribution in [3.63, 3.8) is 0 Å². The Morgan fingerprint density at radius 3 is 2.41 bits per heavy atom. The van der Waals surface area contributed by atoms with Gasteiger partial charge in [-0.2, -0.15) is 0 Å². The van der Waals surface area contributed by atoms with Crippen LogP contribution in [-0.4, -0.2) is 29.6 Å². The molecule has 5 nitrogen and oxygen atoms in total. The summed E-state index contributed by atoms with van der Waals surface area (Å²) in [7, 11) is 0. The van der Waals surface area contributed by atoms with Crippen LogP contribution in [0.5, 0.6) is 0 Å². The number of esters is 1. The molecule has 5 heteroatoms. The number of hydrogen-bond acceptors (Lipinski definition) is 5. The van der Waals surface area contributed by atoms with Crippen molar-refractivity contribution in [3.05, 3.63) is 52.6 Å². The van der Waals surface area contributed by atoms with E-state index in [1.54, 1.807) is 0 Å². The van der Waals surface area contributed by atoms with Gasteiger partial charge in [-0.15, -0.1) is 0 Å². The smallest absolute Gasteiger partial charge is 0.323 e. The molecule has 0 saturated heterocycles. The van der Waals surface area contributed by atoms with Crippen molar-refractivity contribution in [1.29, 1.82) is 0 Å². The molecule has 0 heterocycles. The molecule has 1 atom stereocenters. The standard InChI is InChI=1S/C32H48N2O3/c1-9-26(18-24(8)30(35)10-2)31(22(5)6)34-28-19-25(16-15-23(28)7)20-33-29(17-21(3)4)32(36)37-27-13-11-12-14-27/h9,15-16,18-19,21-22,27,29,33H,10-14,17,20H2,1-8H3/b24-18-,26-9+,34-31+. The van der Waals surface area contributed by atoms with Crippen molar-refractivity contribution in [2.75, 3.05) is 0 Å². The third-order valence-corrected chi connectivity index (χ3v) is 6.93. The molecule has 1 fully saturated rings. The number of allylic oxidation sites excluding steroid dienone is 4. The number of carbonyl (C=O) groups is 2. The number of aliphatic imine (C=N–C) groups is 1. The second kappa shape index (κ2) is 15.0. The Labute approximate surface area is 224 Å². The molecule has 2 rings (SSSR count). The summed E-state index contributed by atoms with van der Waals surface area (Å²) in [5.74, 6) is 0.591. The van der Waals surface area contributed by atoms with Crippen LogP contribution in [0.3, 0.4) is 0 Å². The molecule has 0 radical (unpaired) electrons. The topological polar surface area (TPSA) is 67.8 Å². The van der Waals surface area contributed by atoms with Crippen LogP contribution in [0.2, 0.25) is 0 Å². The molecule has 0 spiro atoms. The summed E-state index contributed by atoms with van der Waals surface area (Å²) in [5, 5.41) is 3.46. The zero-order chi connectivity index (χ0) is 27.5. The number of rotatable bonds is 13. The molecule has 1 N–H and O–H groups in total. The van der Waals surface area contributed by atoms with Crippen molar-refractivity contribution in [1.82, 2.24) is 5.32 Å². The SMILES string of the molecule is C/C=C(\C=C(\C)C(=O)CC)C(=N/c1cc(CNC(CC(C)C)C(=O)OC2CCCC2)ccc1C)/C(C)C. The average Bonchev–Trinajstić information content (AvgIpc) is 3.37. The van der Waals surface area contributed by atoms with E-state index >= 15 is 0 Å². The summed E-state index contributed by atoms with van der Waals surface area (Å²) in [6.07, 6.45) is 9.54. The van der Waals surface area contributed by atoms with Crippen molar-refractivity contribution in [2.24, 2.45) is 16.8 Å². The lowest BCUT2D eigenvalue weighted by Gasteiger charge is -2.22. The van der Waals surface area contributed by atoms with Crippen molar-refractivity contribution in [3.8, 4) is 0 Å². The lowest BCUT2D eigenvalue weighted by molar-refractivity contribution is -0.151. The molecule has 0 aromatic heterocycles. The van der Waals surface area contributed by atoms with Gasteiger partial charge >= 0.3 is 5.97 Å². The Morgan fingerprint density at radius 1 is 1.16 bits per heavy atom. The van der Waals surface area contributed by atoms with Crippen LogP contribution < -0.4 is 5.32 Å². The molecule has 0 bridgehead atoms. The number of carbonyl (C=O) groups excluding carboxylic acids is 2. The van der Waals surface area contributed by atoms with Gasteiger partial charge in [0.1, 0.15) is 12.1 Å². The molecule has 37 heavy (non-hydrogen) atoms. The highest BCUT2D eigenvalue weighted by Gasteiger charge is 2.26. The Hall–Kier alpha value is -2.53. The van der Waals surface area contributed by atoms with Crippen LogP contribution in [0, 0.1) is 18.8 Å². The molecule has 1 unspecified atom stereocenters. The minimum absolute atomic E-state index is 0.0739. The second-order valence-corrected chi connectivity index (χ2v) is 11.0. The van der Waals surface area contributed by atoms with Crippen LogP contribution >= 0.6 is 0 Å². The summed E-state index contributed by atoms with van der Waals surface area (Å²) in [6.45, 7) is 16.9. The van der Waals surface area contributed by atoms with Crippen LogP contribution in [0.4, 0.5) is 5.69 Å². The van der Waals surface area contributed by atoms with Crippen LogP contribution in [-0.2, 0) is 20.9 Å². The normalized spacial score (nSPS) is 16.5. The molecule has 0 aliphatic heterocycles.